The highest BCUT2D eigenvalue weighted by Gasteiger charge is 2.57. The van der Waals surface area contributed by atoms with Crippen molar-refractivity contribution >= 4 is 41.3 Å². The number of anilines is 2. The van der Waals surface area contributed by atoms with E-state index in [1.807, 2.05) is 0 Å². The molecule has 0 fully saturated rings. The van der Waals surface area contributed by atoms with Crippen LogP contribution in [0.3, 0.4) is 0 Å². The monoisotopic (exact) mass is 998 g/mol. The highest BCUT2D eigenvalue weighted by molar-refractivity contribution is 6.19. The molecule has 0 aliphatic carbocycles. The summed E-state index contributed by atoms with van der Waals surface area (Å²) in [4.78, 5) is 59.8. The maximum absolute atomic E-state index is 14.1. The van der Waals surface area contributed by atoms with Gasteiger partial charge in [-0.1, -0.05) is 36.4 Å². The van der Waals surface area contributed by atoms with Crippen LogP contribution in [0.4, 0.5) is 38.0 Å². The lowest BCUT2D eigenvalue weighted by molar-refractivity contribution is -0.170. The van der Waals surface area contributed by atoms with Crippen molar-refractivity contribution in [2.24, 2.45) is 11.1 Å². The Labute approximate surface area is 399 Å². The molecule has 1 aliphatic rings. The molecule has 2 aromatic carbocycles. The van der Waals surface area contributed by atoms with E-state index < -0.39 is 71.4 Å². The number of carbonyl (C=O) groups excluding carboxylic acids is 4. The minimum atomic E-state index is -3.17. The molecule has 0 saturated heterocycles. The molecule has 3 aromatic heterocycles. The zero-order valence-corrected chi connectivity index (χ0v) is 38.2. The molecule has 2 unspecified atom stereocenters. The third kappa shape index (κ3) is 12.7. The van der Waals surface area contributed by atoms with Gasteiger partial charge in [-0.2, -0.15) is 33.0 Å². The summed E-state index contributed by atoms with van der Waals surface area (Å²) in [6.07, 6.45) is 0. The van der Waals surface area contributed by atoms with Crippen molar-refractivity contribution in [1.82, 2.24) is 29.5 Å². The highest BCUT2D eigenvalue weighted by atomic mass is 19.3. The van der Waals surface area contributed by atoms with Gasteiger partial charge in [0.1, 0.15) is 40.5 Å². The summed E-state index contributed by atoms with van der Waals surface area (Å²) in [7, 11) is 0. The summed E-state index contributed by atoms with van der Waals surface area (Å²) in [5, 5.41) is 26.5. The van der Waals surface area contributed by atoms with Crippen LogP contribution < -0.4 is 26.3 Å². The number of hydrogen-bond acceptors (Lipinski definition) is 16. The number of nitrogen functional groups attached to an aromatic ring is 2. The number of nitrogens with one attached hydrogen (secondary N) is 2. The lowest BCUT2D eigenvalue weighted by atomic mass is 9.83. The summed E-state index contributed by atoms with van der Waals surface area (Å²) < 4.78 is 103. The van der Waals surface area contributed by atoms with E-state index in [1.165, 1.54) is 50.2 Å². The van der Waals surface area contributed by atoms with Crippen LogP contribution in [-0.4, -0.2) is 98.3 Å². The average Bonchev–Trinajstić information content (AvgIpc) is 3.98. The third-order valence-electron chi connectivity index (χ3n) is 9.97. The first kappa shape index (κ1) is 54.9. The number of alkyl halides is 4. The number of amidine groups is 1. The Morgan fingerprint density at radius 2 is 1.37 bits per heavy atom. The SMILES string of the molecule is CCOC(=O)C1(C)C(=O)Nc2nc(-c3cc(OC(F)F)n(Cc4ccccc4F)n3)nc(N)c21.N=C(N)c1cc(OC(F)F)n(Cc2ccccc2F)n1.[C-]#[N+]C(C#N)C(C)(C(=O)OCC)C(=O)OCC. The zero-order chi connectivity index (χ0) is 52.8. The quantitative estimate of drug-likeness (QED) is 0.0173. The fraction of sp³-hybridized carbons (Fsp3) is 0.341. The molecule has 27 heteroatoms. The van der Waals surface area contributed by atoms with Crippen LogP contribution in [0.5, 0.6) is 11.8 Å². The van der Waals surface area contributed by atoms with E-state index in [4.69, 9.17) is 42.9 Å². The van der Waals surface area contributed by atoms with Crippen molar-refractivity contribution in [2.45, 2.75) is 72.4 Å². The molecule has 1 amide bonds. The van der Waals surface area contributed by atoms with Gasteiger partial charge in [-0.15, -0.1) is 0 Å². The minimum Gasteiger partial charge on any atom is -0.465 e. The van der Waals surface area contributed by atoms with Crippen LogP contribution in [-0.2, 0) is 51.9 Å². The maximum atomic E-state index is 14.1. The number of nitrogens with zero attached hydrogens (tertiary/aromatic N) is 8. The molecule has 6 N–H and O–H groups in total. The van der Waals surface area contributed by atoms with Crippen molar-refractivity contribution in [1.29, 1.82) is 10.7 Å². The van der Waals surface area contributed by atoms with Crippen LogP contribution in [0.15, 0.2) is 60.7 Å². The Morgan fingerprint density at radius 3 is 1.82 bits per heavy atom. The molecule has 2 atom stereocenters. The lowest BCUT2D eigenvalue weighted by Gasteiger charge is -2.22. The molecule has 6 rings (SSSR count). The normalized spacial score (nSPS) is 14.0. The molecule has 21 nitrogen and oxygen atoms in total. The first-order valence-electron chi connectivity index (χ1n) is 20.7. The van der Waals surface area contributed by atoms with Crippen molar-refractivity contribution in [2.75, 3.05) is 30.9 Å². The summed E-state index contributed by atoms with van der Waals surface area (Å²) in [6.45, 7) is 7.74. The molecule has 71 heavy (non-hydrogen) atoms. The predicted octanol–water partition coefficient (Wildman–Crippen LogP) is 5.37. The topological polar surface area (TPSA) is 292 Å². The maximum Gasteiger partial charge on any atom is 0.388 e. The summed E-state index contributed by atoms with van der Waals surface area (Å²) in [5.74, 6) is -5.81. The van der Waals surface area contributed by atoms with E-state index in [9.17, 15) is 45.5 Å². The van der Waals surface area contributed by atoms with Gasteiger partial charge in [-0.05, 0) is 46.8 Å². The van der Waals surface area contributed by atoms with Gasteiger partial charge in [-0.3, -0.25) is 29.4 Å². The van der Waals surface area contributed by atoms with Crippen LogP contribution in [0.1, 0.15) is 57.0 Å². The number of nitrogens with two attached hydrogens (primary N) is 2. The van der Waals surface area contributed by atoms with Gasteiger partial charge in [0.05, 0.1) is 38.5 Å². The number of rotatable bonds is 17. The molecular weight excluding hydrogens is 955 g/mol. The predicted molar refractivity (Wildman–Crippen MR) is 235 cm³/mol. The number of ether oxygens (including phenoxy) is 5. The number of nitriles is 1. The molecule has 0 bridgehead atoms. The second-order valence-electron chi connectivity index (χ2n) is 14.7. The Kier molecular flexibility index (Phi) is 18.5. The van der Waals surface area contributed by atoms with E-state index in [1.54, 1.807) is 39.0 Å². The van der Waals surface area contributed by atoms with E-state index in [2.05, 4.69) is 39.8 Å². The summed E-state index contributed by atoms with van der Waals surface area (Å²) in [6, 6.07) is 14.0. The highest BCUT2D eigenvalue weighted by Crippen LogP contribution is 2.42. The largest absolute Gasteiger partial charge is 0.465 e. The van der Waals surface area contributed by atoms with Crippen molar-refractivity contribution in [3.63, 3.8) is 0 Å². The number of hydrogen-bond donors (Lipinski definition) is 4. The molecule has 0 radical (unpaired) electrons. The fourth-order valence-corrected chi connectivity index (χ4v) is 6.36. The molecule has 0 saturated carbocycles. The standard InChI is InChI=1S/C21H19F3N6O4.C12H11F3N4O.C11H14N2O4/c1-3-33-19(32)21(2)14-15(25)26-16(27-17(14)28-18(21)31)12-8-13(34-20(23)24)30(29-12)9-10-6-4-5-7-11(10)22;13-8-4-2-1-3-7(8)6-19-10(20-12(14)15)5-9(18-19)11(16)17;1-5-16-9(14)11(3,8(7-12)13-4)10(15)17-6-2/h4-8,20H,3,9H2,1-2H3,(H3,25,26,27,28,31);1-5,12H,6H2,(H3,16,17);8H,5-6H2,1-3H3. The number of carbonyl (C=O) groups is 4. The second-order valence-corrected chi connectivity index (χ2v) is 14.7. The van der Waals surface area contributed by atoms with Crippen LogP contribution >= 0.6 is 0 Å². The van der Waals surface area contributed by atoms with E-state index in [0.717, 1.165) is 21.5 Å². The van der Waals surface area contributed by atoms with Crippen molar-refractivity contribution in [3.8, 4) is 29.3 Å². The zero-order valence-electron chi connectivity index (χ0n) is 38.2. The molecule has 0 spiro atoms. The Bertz CT molecular complexity index is 2820. The average molecular weight is 999 g/mol. The van der Waals surface area contributed by atoms with Crippen LogP contribution in [0, 0.1) is 40.4 Å². The van der Waals surface area contributed by atoms with Gasteiger partial charge in [0.25, 0.3) is 0 Å². The van der Waals surface area contributed by atoms with Crippen LogP contribution in [0.2, 0.25) is 0 Å². The summed E-state index contributed by atoms with van der Waals surface area (Å²) in [5.41, 5.74) is 8.07. The van der Waals surface area contributed by atoms with Gasteiger partial charge in [0, 0.05) is 23.3 Å². The number of esters is 3. The van der Waals surface area contributed by atoms with Gasteiger partial charge in [0.2, 0.25) is 23.1 Å². The molecule has 1 aliphatic heterocycles. The van der Waals surface area contributed by atoms with Crippen LogP contribution in [0.25, 0.3) is 16.4 Å². The lowest BCUT2D eigenvalue weighted by Crippen LogP contribution is -2.46. The van der Waals surface area contributed by atoms with Gasteiger partial charge in [-0.25, -0.2) is 34.7 Å². The fourth-order valence-electron chi connectivity index (χ4n) is 6.36. The number of amides is 1. The Balaban J connectivity index is 0.000000253. The van der Waals surface area contributed by atoms with Gasteiger partial charge < -0.3 is 40.5 Å². The van der Waals surface area contributed by atoms with Crippen molar-refractivity contribution < 1.29 is 69.2 Å². The molecule has 5 aromatic rings. The third-order valence-corrected chi connectivity index (χ3v) is 9.97. The summed E-state index contributed by atoms with van der Waals surface area (Å²) >= 11 is 0. The number of benzene rings is 2. The first-order chi connectivity index (χ1) is 33.6. The van der Waals surface area contributed by atoms with Gasteiger partial charge >= 0.3 is 37.2 Å². The first-order valence-corrected chi connectivity index (χ1v) is 20.7. The minimum absolute atomic E-state index is 0.0167. The number of fused-ring (bicyclic) bond motifs is 1. The molecular formula is C44H44F6N12O9. The van der Waals surface area contributed by atoms with E-state index in [0.29, 0.717) is 0 Å². The van der Waals surface area contributed by atoms with E-state index in [-0.39, 0.29) is 90.2 Å². The second kappa shape index (κ2) is 24.0. The van der Waals surface area contributed by atoms with E-state index >= 15 is 0 Å². The molecule has 376 valence electrons. The smallest absolute Gasteiger partial charge is 0.388 e. The number of halogens is 6. The Hall–Kier alpha value is -8.75. The van der Waals surface area contributed by atoms with Crippen molar-refractivity contribution in [3.05, 3.63) is 106 Å². The van der Waals surface area contributed by atoms with Gasteiger partial charge in [0.15, 0.2) is 17.3 Å². The molecule has 4 heterocycles. The Morgan fingerprint density at radius 1 is 0.873 bits per heavy atom. The number of aromatic nitrogens is 6.